The number of hydrogen-bond acceptors (Lipinski definition) is 8. The highest BCUT2D eigenvalue weighted by Crippen LogP contribution is 2.33. The zero-order valence-electron chi connectivity index (χ0n) is 19.0. The van der Waals surface area contributed by atoms with Crippen LogP contribution in [-0.2, 0) is 0 Å². The Morgan fingerprint density at radius 2 is 1.85 bits per heavy atom. The Balaban J connectivity index is 1.65. The van der Waals surface area contributed by atoms with Crippen LogP contribution in [0.5, 0.6) is 17.2 Å². The van der Waals surface area contributed by atoms with Gasteiger partial charge in [0, 0.05) is 18.6 Å². The number of benzene rings is 2. The molecule has 180 valence electrons. The SMILES string of the molecule is COc1cc(C(=O)NCCOc2cccc3nc(C)c(C(=O)O)c(N)c23)ccc1OCCCO. The van der Waals surface area contributed by atoms with E-state index in [-0.39, 0.29) is 36.9 Å². The predicted octanol–water partition coefficient (Wildman–Crippen LogP) is 2.40. The summed E-state index contributed by atoms with van der Waals surface area (Å²) in [5.41, 5.74) is 7.37. The molecule has 5 N–H and O–H groups in total. The number of fused-ring (bicyclic) bond motifs is 1. The van der Waals surface area contributed by atoms with Gasteiger partial charge in [-0.3, -0.25) is 9.78 Å². The Bertz CT molecular complexity index is 1200. The minimum absolute atomic E-state index is 0.0210. The van der Waals surface area contributed by atoms with Crippen molar-refractivity contribution in [1.29, 1.82) is 0 Å². The number of aliphatic hydroxyl groups excluding tert-OH is 1. The molecule has 1 amide bonds. The van der Waals surface area contributed by atoms with E-state index in [0.29, 0.717) is 52.4 Å². The van der Waals surface area contributed by atoms with E-state index in [2.05, 4.69) is 10.3 Å². The van der Waals surface area contributed by atoms with Gasteiger partial charge in [0.25, 0.3) is 5.91 Å². The molecule has 0 aliphatic rings. The molecule has 0 aliphatic heterocycles. The molecule has 0 radical (unpaired) electrons. The third-order valence-corrected chi connectivity index (χ3v) is 5.04. The predicted molar refractivity (Wildman–Crippen MR) is 126 cm³/mol. The molecule has 3 aromatic rings. The van der Waals surface area contributed by atoms with Crippen LogP contribution in [-0.4, -0.2) is 60.5 Å². The summed E-state index contributed by atoms with van der Waals surface area (Å²) in [6.45, 7) is 2.26. The monoisotopic (exact) mass is 469 g/mol. The number of ether oxygens (including phenoxy) is 3. The Morgan fingerprint density at radius 1 is 1.09 bits per heavy atom. The topological polar surface area (TPSA) is 153 Å². The highest BCUT2D eigenvalue weighted by molar-refractivity contribution is 6.06. The number of aliphatic hydroxyl groups is 1. The number of aryl methyl sites for hydroxylation is 1. The highest BCUT2D eigenvalue weighted by Gasteiger charge is 2.19. The summed E-state index contributed by atoms with van der Waals surface area (Å²) in [5, 5.41) is 21.5. The standard InChI is InChI=1S/C24H27N3O7/c1-14-20(24(30)31)22(25)21-16(27-14)5-3-6-18(21)34-12-9-26-23(29)15-7-8-17(19(13-15)32-2)33-11-4-10-28/h3,5-8,13,28H,4,9-12H2,1-2H3,(H2,25,27)(H,26,29)(H,30,31). The largest absolute Gasteiger partial charge is 0.493 e. The van der Waals surface area contributed by atoms with Gasteiger partial charge in [-0.1, -0.05) is 6.07 Å². The first-order valence-electron chi connectivity index (χ1n) is 10.6. The average Bonchev–Trinajstić information content (AvgIpc) is 2.81. The van der Waals surface area contributed by atoms with Crippen LogP contribution in [0.25, 0.3) is 10.9 Å². The number of amides is 1. The van der Waals surface area contributed by atoms with E-state index in [1.165, 1.54) is 7.11 Å². The Hall–Kier alpha value is -4.05. The van der Waals surface area contributed by atoms with E-state index in [1.54, 1.807) is 43.3 Å². The van der Waals surface area contributed by atoms with Gasteiger partial charge in [-0.25, -0.2) is 4.79 Å². The first-order chi connectivity index (χ1) is 16.4. The van der Waals surface area contributed by atoms with Gasteiger partial charge < -0.3 is 35.5 Å². The fourth-order valence-corrected chi connectivity index (χ4v) is 3.43. The fourth-order valence-electron chi connectivity index (χ4n) is 3.43. The molecule has 34 heavy (non-hydrogen) atoms. The Labute approximate surface area is 196 Å². The zero-order chi connectivity index (χ0) is 24.7. The van der Waals surface area contributed by atoms with Crippen molar-refractivity contribution in [1.82, 2.24) is 10.3 Å². The number of hydrogen-bond donors (Lipinski definition) is 4. The van der Waals surface area contributed by atoms with E-state index in [9.17, 15) is 14.7 Å². The fraction of sp³-hybridized carbons (Fsp3) is 0.292. The van der Waals surface area contributed by atoms with E-state index >= 15 is 0 Å². The quantitative estimate of drug-likeness (QED) is 0.310. The minimum Gasteiger partial charge on any atom is -0.493 e. The van der Waals surface area contributed by atoms with E-state index in [1.807, 2.05) is 0 Å². The second kappa shape index (κ2) is 11.2. The Kier molecular flexibility index (Phi) is 8.10. The number of carbonyl (C=O) groups excluding carboxylic acids is 1. The van der Waals surface area contributed by atoms with E-state index in [4.69, 9.17) is 25.1 Å². The molecule has 2 aromatic carbocycles. The molecular weight excluding hydrogens is 442 g/mol. The normalized spacial score (nSPS) is 10.7. The summed E-state index contributed by atoms with van der Waals surface area (Å²) in [4.78, 5) is 28.4. The molecule has 0 bridgehead atoms. The molecule has 0 unspecified atom stereocenters. The molecule has 10 nitrogen and oxygen atoms in total. The lowest BCUT2D eigenvalue weighted by molar-refractivity contribution is 0.0696. The molecular formula is C24H27N3O7. The van der Waals surface area contributed by atoms with Gasteiger partial charge in [-0.15, -0.1) is 0 Å². The molecule has 0 atom stereocenters. The van der Waals surface area contributed by atoms with E-state index < -0.39 is 5.97 Å². The lowest BCUT2D eigenvalue weighted by atomic mass is 10.1. The van der Waals surface area contributed by atoms with Crippen molar-refractivity contribution >= 4 is 28.5 Å². The number of nitrogens with one attached hydrogen (secondary N) is 1. The van der Waals surface area contributed by atoms with Crippen molar-refractivity contribution in [3.05, 3.63) is 53.2 Å². The second-order valence-corrected chi connectivity index (χ2v) is 7.34. The summed E-state index contributed by atoms with van der Waals surface area (Å²) in [6.07, 6.45) is 0.487. The van der Waals surface area contributed by atoms with Crippen molar-refractivity contribution in [2.45, 2.75) is 13.3 Å². The van der Waals surface area contributed by atoms with Crippen molar-refractivity contribution < 1.29 is 34.0 Å². The number of rotatable bonds is 11. The van der Waals surface area contributed by atoms with Gasteiger partial charge >= 0.3 is 5.97 Å². The number of carboxylic acids is 1. The Morgan fingerprint density at radius 3 is 2.56 bits per heavy atom. The van der Waals surface area contributed by atoms with Crippen LogP contribution in [0.1, 0.15) is 32.8 Å². The maximum absolute atomic E-state index is 12.5. The number of carbonyl (C=O) groups is 2. The van der Waals surface area contributed by atoms with Gasteiger partial charge in [0.05, 0.1) is 42.5 Å². The van der Waals surface area contributed by atoms with Crippen LogP contribution in [0, 0.1) is 6.92 Å². The number of aromatic nitrogens is 1. The molecule has 3 rings (SSSR count). The first-order valence-corrected chi connectivity index (χ1v) is 10.6. The lowest BCUT2D eigenvalue weighted by Crippen LogP contribution is -2.28. The molecule has 0 aliphatic carbocycles. The summed E-state index contributed by atoms with van der Waals surface area (Å²) in [5.74, 6) is -0.220. The number of aromatic carboxylic acids is 1. The number of anilines is 1. The summed E-state index contributed by atoms with van der Waals surface area (Å²) in [6, 6.07) is 9.94. The lowest BCUT2D eigenvalue weighted by Gasteiger charge is -2.14. The maximum atomic E-state index is 12.5. The van der Waals surface area contributed by atoms with Crippen molar-refractivity contribution in [3.63, 3.8) is 0 Å². The first kappa shape index (κ1) is 24.6. The van der Waals surface area contributed by atoms with Crippen LogP contribution in [0.2, 0.25) is 0 Å². The summed E-state index contributed by atoms with van der Waals surface area (Å²) >= 11 is 0. The van der Waals surface area contributed by atoms with Gasteiger partial charge in [-0.2, -0.15) is 0 Å². The molecule has 1 heterocycles. The van der Waals surface area contributed by atoms with Crippen molar-refractivity contribution in [3.8, 4) is 17.2 Å². The second-order valence-electron chi connectivity index (χ2n) is 7.34. The van der Waals surface area contributed by atoms with Crippen LogP contribution in [0.3, 0.4) is 0 Å². The molecule has 10 heteroatoms. The maximum Gasteiger partial charge on any atom is 0.339 e. The van der Waals surface area contributed by atoms with Crippen LogP contribution in [0.15, 0.2) is 36.4 Å². The minimum atomic E-state index is -1.16. The number of pyridine rings is 1. The van der Waals surface area contributed by atoms with Crippen molar-refractivity contribution in [2.75, 3.05) is 39.2 Å². The molecule has 0 spiro atoms. The van der Waals surface area contributed by atoms with Gasteiger partial charge in [-0.05, 0) is 37.3 Å². The van der Waals surface area contributed by atoms with Crippen molar-refractivity contribution in [2.24, 2.45) is 0 Å². The summed E-state index contributed by atoms with van der Waals surface area (Å²) < 4.78 is 16.6. The summed E-state index contributed by atoms with van der Waals surface area (Å²) in [7, 11) is 1.48. The van der Waals surface area contributed by atoms with Crippen LogP contribution in [0.4, 0.5) is 5.69 Å². The van der Waals surface area contributed by atoms with Gasteiger partial charge in [0.2, 0.25) is 0 Å². The number of nitrogens with zero attached hydrogens (tertiary/aromatic N) is 1. The third-order valence-electron chi connectivity index (χ3n) is 5.04. The highest BCUT2D eigenvalue weighted by atomic mass is 16.5. The number of nitrogens with two attached hydrogens (primary N) is 1. The van der Waals surface area contributed by atoms with Crippen LogP contribution >= 0.6 is 0 Å². The van der Waals surface area contributed by atoms with Crippen LogP contribution < -0.4 is 25.3 Å². The number of carboxylic acid groups (broad SMARTS) is 1. The molecule has 0 saturated carbocycles. The number of nitrogen functional groups attached to an aromatic ring is 1. The van der Waals surface area contributed by atoms with E-state index in [0.717, 1.165) is 0 Å². The zero-order valence-corrected chi connectivity index (χ0v) is 19.0. The molecule has 1 aromatic heterocycles. The molecule has 0 fully saturated rings. The number of methoxy groups -OCH3 is 1. The van der Waals surface area contributed by atoms with Gasteiger partial charge in [0.1, 0.15) is 17.9 Å². The smallest absolute Gasteiger partial charge is 0.339 e. The third kappa shape index (κ3) is 5.46. The average molecular weight is 469 g/mol. The molecule has 0 saturated heterocycles. The van der Waals surface area contributed by atoms with Gasteiger partial charge in [0.15, 0.2) is 11.5 Å².